The van der Waals surface area contributed by atoms with Crippen molar-refractivity contribution < 1.29 is 9.59 Å². The van der Waals surface area contributed by atoms with E-state index in [9.17, 15) is 9.59 Å². The Balaban J connectivity index is 2.24. The molecule has 3 N–H and O–H groups in total. The van der Waals surface area contributed by atoms with Gasteiger partial charge in [0.2, 0.25) is 11.8 Å². The number of nitrogens with one attached hydrogen (secondary N) is 3. The minimum absolute atomic E-state index is 0.0781. The first-order valence-electron chi connectivity index (χ1n) is 6.02. The molecule has 0 aliphatic carbocycles. The Morgan fingerprint density at radius 2 is 2.29 bits per heavy atom. The van der Waals surface area contributed by atoms with Gasteiger partial charge in [0.05, 0.1) is 6.04 Å². The zero-order valence-corrected chi connectivity index (χ0v) is 11.7. The van der Waals surface area contributed by atoms with Gasteiger partial charge in [0, 0.05) is 11.9 Å². The second-order valence-electron chi connectivity index (χ2n) is 4.21. The lowest BCUT2D eigenvalue weighted by Gasteiger charge is -2.16. The Morgan fingerprint density at radius 1 is 1.53 bits per heavy atom. The van der Waals surface area contributed by atoms with Crippen molar-refractivity contribution in [1.82, 2.24) is 16.0 Å². The zero-order chi connectivity index (χ0) is 12.7. The van der Waals surface area contributed by atoms with E-state index in [0.717, 1.165) is 31.1 Å². The van der Waals surface area contributed by atoms with Gasteiger partial charge in [-0.25, -0.2) is 0 Å². The summed E-state index contributed by atoms with van der Waals surface area (Å²) in [6.07, 6.45) is 2.75. The van der Waals surface area contributed by atoms with E-state index in [0.29, 0.717) is 6.54 Å². The van der Waals surface area contributed by atoms with Crippen LogP contribution in [0.15, 0.2) is 0 Å². The average Bonchev–Trinajstić information content (AvgIpc) is 2.82. The highest BCUT2D eigenvalue weighted by molar-refractivity contribution is 9.09. The van der Waals surface area contributed by atoms with Gasteiger partial charge < -0.3 is 16.0 Å². The fraction of sp³-hybridized carbons (Fsp3) is 0.818. The van der Waals surface area contributed by atoms with Crippen LogP contribution in [0.4, 0.5) is 0 Å². The molecule has 98 valence electrons. The van der Waals surface area contributed by atoms with Gasteiger partial charge in [-0.15, -0.1) is 0 Å². The third-order valence-electron chi connectivity index (χ3n) is 2.74. The van der Waals surface area contributed by atoms with Crippen molar-refractivity contribution in [1.29, 1.82) is 0 Å². The Morgan fingerprint density at radius 3 is 2.88 bits per heavy atom. The summed E-state index contributed by atoms with van der Waals surface area (Å²) in [6, 6.07) is -0.604. The number of rotatable bonds is 6. The number of amides is 2. The molecule has 1 heterocycles. The topological polar surface area (TPSA) is 70.2 Å². The van der Waals surface area contributed by atoms with Crippen LogP contribution in [0.25, 0.3) is 0 Å². The first kappa shape index (κ1) is 14.4. The number of carbonyl (C=O) groups is 2. The van der Waals surface area contributed by atoms with Crippen LogP contribution in [0.5, 0.6) is 0 Å². The summed E-state index contributed by atoms with van der Waals surface area (Å²) in [5.74, 6) is -0.206. The third kappa shape index (κ3) is 5.04. The van der Waals surface area contributed by atoms with Crippen LogP contribution in [-0.2, 0) is 9.59 Å². The highest BCUT2D eigenvalue weighted by Gasteiger charge is 2.24. The van der Waals surface area contributed by atoms with E-state index in [2.05, 4.69) is 31.9 Å². The SMILES string of the molecule is C[C@H](NC(=O)[C@@H]1CCCN1)C(=O)NCCCBr. The van der Waals surface area contributed by atoms with E-state index in [1.165, 1.54) is 0 Å². The Labute approximate surface area is 110 Å². The maximum atomic E-state index is 11.7. The first-order valence-corrected chi connectivity index (χ1v) is 7.14. The van der Waals surface area contributed by atoms with E-state index in [4.69, 9.17) is 0 Å². The summed E-state index contributed by atoms with van der Waals surface area (Å²) < 4.78 is 0. The summed E-state index contributed by atoms with van der Waals surface area (Å²) in [7, 11) is 0. The smallest absolute Gasteiger partial charge is 0.242 e. The van der Waals surface area contributed by atoms with E-state index in [1.54, 1.807) is 6.92 Å². The summed E-state index contributed by atoms with van der Waals surface area (Å²) in [6.45, 7) is 3.21. The fourth-order valence-electron chi connectivity index (χ4n) is 1.72. The van der Waals surface area contributed by atoms with Crippen LogP contribution in [0.1, 0.15) is 26.2 Å². The normalized spacial score (nSPS) is 20.9. The molecule has 5 nitrogen and oxygen atoms in total. The molecule has 6 heteroatoms. The van der Waals surface area contributed by atoms with Crippen LogP contribution < -0.4 is 16.0 Å². The molecule has 0 radical (unpaired) electrons. The maximum absolute atomic E-state index is 11.7. The number of halogens is 1. The van der Waals surface area contributed by atoms with Crippen molar-refractivity contribution in [3.05, 3.63) is 0 Å². The molecule has 2 amide bonds. The van der Waals surface area contributed by atoms with Gasteiger partial charge in [-0.3, -0.25) is 9.59 Å². The number of carbonyl (C=O) groups excluding carboxylic acids is 2. The number of hydrogen-bond acceptors (Lipinski definition) is 3. The van der Waals surface area contributed by atoms with Gasteiger partial charge in [0.1, 0.15) is 6.04 Å². The molecule has 0 spiro atoms. The molecule has 17 heavy (non-hydrogen) atoms. The Bertz CT molecular complexity index is 267. The number of hydrogen-bond donors (Lipinski definition) is 3. The van der Waals surface area contributed by atoms with Crippen molar-refractivity contribution in [2.45, 2.75) is 38.3 Å². The van der Waals surface area contributed by atoms with Crippen molar-refractivity contribution in [3.63, 3.8) is 0 Å². The van der Waals surface area contributed by atoms with Crippen LogP contribution in [0.3, 0.4) is 0 Å². The van der Waals surface area contributed by atoms with Crippen LogP contribution in [0, 0.1) is 0 Å². The average molecular weight is 306 g/mol. The molecule has 0 unspecified atom stereocenters. The lowest BCUT2D eigenvalue weighted by Crippen LogP contribution is -2.50. The van der Waals surface area contributed by atoms with Crippen molar-refractivity contribution in [2.24, 2.45) is 0 Å². The zero-order valence-electron chi connectivity index (χ0n) is 10.1. The quantitative estimate of drug-likeness (QED) is 0.483. The van der Waals surface area contributed by atoms with Crippen LogP contribution in [-0.4, -0.2) is 42.3 Å². The summed E-state index contributed by atoms with van der Waals surface area (Å²) >= 11 is 3.29. The second kappa shape index (κ2) is 7.66. The molecule has 0 saturated carbocycles. The van der Waals surface area contributed by atoms with Gasteiger partial charge in [0.25, 0.3) is 0 Å². The molecular weight excluding hydrogens is 286 g/mol. The lowest BCUT2D eigenvalue weighted by atomic mass is 10.2. The standard InChI is InChI=1S/C11H20BrN3O2/c1-8(10(16)14-7-3-5-12)15-11(17)9-4-2-6-13-9/h8-9,13H,2-7H2,1H3,(H,14,16)(H,15,17)/t8-,9-/m0/s1. The molecule has 1 saturated heterocycles. The van der Waals surface area contributed by atoms with Gasteiger partial charge in [-0.2, -0.15) is 0 Å². The second-order valence-corrected chi connectivity index (χ2v) is 5.01. The fourth-order valence-corrected chi connectivity index (χ4v) is 2.00. The third-order valence-corrected chi connectivity index (χ3v) is 3.30. The predicted molar refractivity (Wildman–Crippen MR) is 70.1 cm³/mol. The van der Waals surface area contributed by atoms with Crippen LogP contribution >= 0.6 is 15.9 Å². The van der Waals surface area contributed by atoms with Gasteiger partial charge in [0.15, 0.2) is 0 Å². The minimum Gasteiger partial charge on any atom is -0.354 e. The van der Waals surface area contributed by atoms with Gasteiger partial charge >= 0.3 is 0 Å². The molecule has 1 fully saturated rings. The Hall–Kier alpha value is -0.620. The van der Waals surface area contributed by atoms with Gasteiger partial charge in [-0.05, 0) is 32.7 Å². The van der Waals surface area contributed by atoms with Crippen LogP contribution in [0.2, 0.25) is 0 Å². The molecule has 0 aromatic rings. The monoisotopic (exact) mass is 305 g/mol. The van der Waals surface area contributed by atoms with Crippen molar-refractivity contribution in [3.8, 4) is 0 Å². The molecule has 1 rings (SSSR count). The molecule has 1 aliphatic heterocycles. The molecule has 0 aromatic carbocycles. The summed E-state index contributed by atoms with van der Waals surface area (Å²) in [5.41, 5.74) is 0. The Kier molecular flexibility index (Phi) is 6.50. The van der Waals surface area contributed by atoms with Crippen molar-refractivity contribution in [2.75, 3.05) is 18.4 Å². The van der Waals surface area contributed by atoms with E-state index < -0.39 is 6.04 Å². The molecular formula is C11H20BrN3O2. The van der Waals surface area contributed by atoms with E-state index in [1.807, 2.05) is 0 Å². The predicted octanol–water partition coefficient (Wildman–Crippen LogP) is 0.144. The van der Waals surface area contributed by atoms with E-state index in [-0.39, 0.29) is 17.9 Å². The number of alkyl halides is 1. The van der Waals surface area contributed by atoms with E-state index >= 15 is 0 Å². The largest absolute Gasteiger partial charge is 0.354 e. The highest BCUT2D eigenvalue weighted by Crippen LogP contribution is 2.04. The lowest BCUT2D eigenvalue weighted by molar-refractivity contribution is -0.129. The van der Waals surface area contributed by atoms with Gasteiger partial charge in [-0.1, -0.05) is 15.9 Å². The van der Waals surface area contributed by atoms with Crippen molar-refractivity contribution >= 4 is 27.7 Å². The highest BCUT2D eigenvalue weighted by atomic mass is 79.9. The maximum Gasteiger partial charge on any atom is 0.242 e. The molecule has 1 aliphatic rings. The molecule has 0 bridgehead atoms. The molecule has 2 atom stereocenters. The molecule has 0 aromatic heterocycles. The summed E-state index contributed by atoms with van der Waals surface area (Å²) in [4.78, 5) is 23.3. The summed E-state index contributed by atoms with van der Waals surface area (Å²) in [5, 5.41) is 9.46. The minimum atomic E-state index is -0.472. The first-order chi connectivity index (χ1) is 8.15.